The molecule has 4 aromatic rings. The quantitative estimate of drug-likeness (QED) is 0.511. The summed E-state index contributed by atoms with van der Waals surface area (Å²) in [5.74, 6) is 0.269. The van der Waals surface area contributed by atoms with Gasteiger partial charge in [0.1, 0.15) is 18.0 Å². The second-order valence-electron chi connectivity index (χ2n) is 7.32. The van der Waals surface area contributed by atoms with Gasteiger partial charge < -0.3 is 10.1 Å². The molecule has 8 heteroatoms. The van der Waals surface area contributed by atoms with Crippen LogP contribution in [0.3, 0.4) is 0 Å². The SMILES string of the molecule is COc1cccc(NC(=O)Cn2nc(-c3ccc(C)cc3C)c3sc(C)nc3c2=O)c1. The largest absolute Gasteiger partial charge is 0.497 e. The monoisotopic (exact) mass is 434 g/mol. The predicted molar refractivity (Wildman–Crippen MR) is 123 cm³/mol. The van der Waals surface area contributed by atoms with E-state index < -0.39 is 0 Å². The summed E-state index contributed by atoms with van der Waals surface area (Å²) in [5, 5.41) is 8.14. The first-order valence-corrected chi connectivity index (χ1v) is 10.6. The van der Waals surface area contributed by atoms with E-state index in [1.165, 1.54) is 16.0 Å². The molecule has 7 nitrogen and oxygen atoms in total. The highest BCUT2D eigenvalue weighted by molar-refractivity contribution is 7.19. The van der Waals surface area contributed by atoms with Gasteiger partial charge in [0, 0.05) is 17.3 Å². The van der Waals surface area contributed by atoms with Crippen LogP contribution in [-0.4, -0.2) is 27.8 Å². The number of nitrogens with zero attached hydrogens (tertiary/aromatic N) is 3. The number of ether oxygens (including phenoxy) is 1. The first-order valence-electron chi connectivity index (χ1n) is 9.75. The average molecular weight is 435 g/mol. The van der Waals surface area contributed by atoms with Gasteiger partial charge in [-0.1, -0.05) is 29.8 Å². The number of anilines is 1. The van der Waals surface area contributed by atoms with Crippen LogP contribution in [0, 0.1) is 20.8 Å². The number of fused-ring (bicyclic) bond motifs is 1. The van der Waals surface area contributed by atoms with Gasteiger partial charge >= 0.3 is 0 Å². The minimum Gasteiger partial charge on any atom is -0.497 e. The number of aromatic nitrogens is 3. The van der Waals surface area contributed by atoms with Crippen molar-refractivity contribution in [1.29, 1.82) is 0 Å². The Morgan fingerprint density at radius 3 is 2.71 bits per heavy atom. The van der Waals surface area contributed by atoms with Crippen LogP contribution in [0.25, 0.3) is 21.5 Å². The lowest BCUT2D eigenvalue weighted by Crippen LogP contribution is -2.30. The van der Waals surface area contributed by atoms with Gasteiger partial charge in [-0.2, -0.15) is 5.10 Å². The highest BCUT2D eigenvalue weighted by atomic mass is 32.1. The number of methoxy groups -OCH3 is 1. The molecular formula is C23H22N4O3S. The van der Waals surface area contributed by atoms with Gasteiger partial charge in [-0.25, -0.2) is 9.67 Å². The van der Waals surface area contributed by atoms with Crippen molar-refractivity contribution in [1.82, 2.24) is 14.8 Å². The molecule has 0 aliphatic heterocycles. The first-order chi connectivity index (χ1) is 14.9. The highest BCUT2D eigenvalue weighted by Crippen LogP contribution is 2.31. The van der Waals surface area contributed by atoms with E-state index in [1.807, 2.05) is 32.9 Å². The summed E-state index contributed by atoms with van der Waals surface area (Å²) >= 11 is 1.43. The number of benzene rings is 2. The fourth-order valence-corrected chi connectivity index (χ4v) is 4.38. The van der Waals surface area contributed by atoms with Crippen LogP contribution in [0.15, 0.2) is 47.3 Å². The molecule has 2 heterocycles. The molecule has 0 bridgehead atoms. The number of hydrogen-bond acceptors (Lipinski definition) is 6. The van der Waals surface area contributed by atoms with E-state index >= 15 is 0 Å². The van der Waals surface area contributed by atoms with Crippen LogP contribution in [0.1, 0.15) is 16.1 Å². The van der Waals surface area contributed by atoms with Crippen molar-refractivity contribution < 1.29 is 9.53 Å². The van der Waals surface area contributed by atoms with E-state index in [9.17, 15) is 9.59 Å². The Morgan fingerprint density at radius 1 is 1.16 bits per heavy atom. The average Bonchev–Trinajstić information content (AvgIpc) is 3.12. The summed E-state index contributed by atoms with van der Waals surface area (Å²) in [4.78, 5) is 30.1. The second kappa shape index (κ2) is 8.31. The Balaban J connectivity index is 1.75. The minimum atomic E-state index is -0.381. The van der Waals surface area contributed by atoms with Crippen LogP contribution < -0.4 is 15.6 Å². The fourth-order valence-electron chi connectivity index (χ4n) is 3.47. The Bertz CT molecular complexity index is 1360. The number of aryl methyl sites for hydroxylation is 3. The molecule has 0 unspecified atom stereocenters. The Labute approximate surface area is 183 Å². The third-order valence-electron chi connectivity index (χ3n) is 4.89. The molecule has 0 saturated carbocycles. The number of thiazole rings is 1. The Morgan fingerprint density at radius 2 is 1.97 bits per heavy atom. The lowest BCUT2D eigenvalue weighted by molar-refractivity contribution is -0.117. The standard InChI is InChI=1S/C23H22N4O3S/c1-13-8-9-18(14(2)10-13)20-22-21(24-15(3)31-22)23(29)27(26-20)12-19(28)25-16-6-5-7-17(11-16)30-4/h5-11H,12H2,1-4H3,(H,25,28). The first kappa shape index (κ1) is 20.7. The van der Waals surface area contributed by atoms with Gasteiger partial charge in [0.25, 0.3) is 5.56 Å². The highest BCUT2D eigenvalue weighted by Gasteiger charge is 2.19. The van der Waals surface area contributed by atoms with Crippen LogP contribution in [0.4, 0.5) is 5.69 Å². The van der Waals surface area contributed by atoms with E-state index in [0.717, 1.165) is 26.4 Å². The second-order valence-corrected chi connectivity index (χ2v) is 8.52. The number of carbonyl (C=O) groups is 1. The fraction of sp³-hybridized carbons (Fsp3) is 0.217. The van der Waals surface area contributed by atoms with E-state index in [2.05, 4.69) is 21.5 Å². The van der Waals surface area contributed by atoms with Crippen LogP contribution in [0.5, 0.6) is 5.75 Å². The smallest absolute Gasteiger partial charge is 0.294 e. The number of hydrogen-bond donors (Lipinski definition) is 1. The molecule has 4 rings (SSSR count). The molecule has 0 aliphatic rings. The number of rotatable bonds is 5. The molecule has 0 fully saturated rings. The third-order valence-corrected chi connectivity index (χ3v) is 5.87. The van der Waals surface area contributed by atoms with Crippen LogP contribution >= 0.6 is 11.3 Å². The molecule has 2 aromatic carbocycles. The minimum absolute atomic E-state index is 0.222. The van der Waals surface area contributed by atoms with Crippen molar-refractivity contribution in [2.75, 3.05) is 12.4 Å². The van der Waals surface area contributed by atoms with Crippen molar-refractivity contribution in [3.8, 4) is 17.0 Å². The topological polar surface area (TPSA) is 86.1 Å². The van der Waals surface area contributed by atoms with Crippen LogP contribution in [0.2, 0.25) is 0 Å². The van der Waals surface area contributed by atoms with Crippen LogP contribution in [-0.2, 0) is 11.3 Å². The molecular weight excluding hydrogens is 412 g/mol. The Hall–Kier alpha value is -3.52. The van der Waals surface area contributed by atoms with Crippen molar-refractivity contribution >= 4 is 33.1 Å². The summed E-state index contributed by atoms with van der Waals surface area (Å²) in [7, 11) is 1.56. The summed E-state index contributed by atoms with van der Waals surface area (Å²) in [6, 6.07) is 13.1. The van der Waals surface area contributed by atoms with E-state index in [4.69, 9.17) is 4.74 Å². The molecule has 1 N–H and O–H groups in total. The normalized spacial score (nSPS) is 11.0. The van der Waals surface area contributed by atoms with E-state index in [1.54, 1.807) is 31.4 Å². The van der Waals surface area contributed by atoms with Gasteiger partial charge in [0.2, 0.25) is 5.91 Å². The van der Waals surface area contributed by atoms with Gasteiger partial charge in [-0.3, -0.25) is 9.59 Å². The van der Waals surface area contributed by atoms with Crippen molar-refractivity contribution in [3.05, 3.63) is 69.0 Å². The zero-order valence-electron chi connectivity index (χ0n) is 17.7. The molecule has 158 valence electrons. The molecule has 0 atom stereocenters. The molecule has 0 saturated heterocycles. The maximum Gasteiger partial charge on any atom is 0.294 e. The van der Waals surface area contributed by atoms with E-state index in [-0.39, 0.29) is 18.0 Å². The molecule has 0 radical (unpaired) electrons. The van der Waals surface area contributed by atoms with Crippen molar-refractivity contribution in [2.24, 2.45) is 0 Å². The lowest BCUT2D eigenvalue weighted by Gasteiger charge is -2.11. The maximum absolute atomic E-state index is 13.0. The van der Waals surface area contributed by atoms with Gasteiger partial charge in [0.15, 0.2) is 5.52 Å². The number of amides is 1. The van der Waals surface area contributed by atoms with Gasteiger partial charge in [-0.05, 0) is 38.5 Å². The Kier molecular flexibility index (Phi) is 5.56. The summed E-state index contributed by atoms with van der Waals surface area (Å²) in [6.07, 6.45) is 0. The molecule has 2 aromatic heterocycles. The lowest BCUT2D eigenvalue weighted by atomic mass is 10.0. The third kappa shape index (κ3) is 4.20. The zero-order chi connectivity index (χ0) is 22.1. The number of nitrogens with one attached hydrogen (secondary N) is 1. The summed E-state index contributed by atoms with van der Waals surface area (Å²) < 4.78 is 7.10. The van der Waals surface area contributed by atoms with Crippen molar-refractivity contribution in [3.63, 3.8) is 0 Å². The maximum atomic E-state index is 13.0. The molecule has 1 amide bonds. The predicted octanol–water partition coefficient (Wildman–Crippen LogP) is 4.09. The van der Waals surface area contributed by atoms with E-state index in [0.29, 0.717) is 22.6 Å². The molecule has 31 heavy (non-hydrogen) atoms. The summed E-state index contributed by atoms with van der Waals surface area (Å²) in [5.41, 5.74) is 4.30. The van der Waals surface area contributed by atoms with Gasteiger partial charge in [0.05, 0.1) is 16.8 Å². The number of carbonyl (C=O) groups excluding carboxylic acids is 1. The molecule has 0 aliphatic carbocycles. The van der Waals surface area contributed by atoms with Crippen molar-refractivity contribution in [2.45, 2.75) is 27.3 Å². The molecule has 0 spiro atoms. The zero-order valence-corrected chi connectivity index (χ0v) is 18.5. The van der Waals surface area contributed by atoms with Gasteiger partial charge in [-0.15, -0.1) is 11.3 Å². The summed E-state index contributed by atoms with van der Waals surface area (Å²) in [6.45, 7) is 5.67.